The molecule has 3 rings (SSSR count). The van der Waals surface area contributed by atoms with Gasteiger partial charge in [-0.15, -0.1) is 11.3 Å². The van der Waals surface area contributed by atoms with Crippen molar-refractivity contribution in [2.24, 2.45) is 0 Å². The summed E-state index contributed by atoms with van der Waals surface area (Å²) in [5.74, 6) is -0.237. The molecule has 0 aliphatic rings. The molecule has 0 fully saturated rings. The average molecular weight is 343 g/mol. The molecule has 1 amide bonds. The highest BCUT2D eigenvalue weighted by molar-refractivity contribution is 7.14. The highest BCUT2D eigenvalue weighted by atomic mass is 32.1. The lowest BCUT2D eigenvalue weighted by atomic mass is 10.2. The van der Waals surface area contributed by atoms with E-state index in [1.165, 1.54) is 51.1 Å². The van der Waals surface area contributed by atoms with Gasteiger partial charge in [-0.25, -0.2) is 9.37 Å². The minimum absolute atomic E-state index is 0.190. The minimum atomic E-state index is -0.399. The fraction of sp³-hybridized carbons (Fsp3) is 0.118. The smallest absolute Gasteiger partial charge is 0.259 e. The van der Waals surface area contributed by atoms with Crippen molar-refractivity contribution in [1.29, 1.82) is 0 Å². The number of anilines is 1. The number of halogens is 1. The number of benzene rings is 1. The topological polar surface area (TPSA) is 55.2 Å². The second kappa shape index (κ2) is 6.37. The van der Waals surface area contributed by atoms with Gasteiger partial charge in [0.2, 0.25) is 0 Å². The third-order valence-corrected chi connectivity index (χ3v) is 4.37. The molecule has 0 spiro atoms. The Bertz CT molecular complexity index is 947. The number of carbonyl (C=O) groups excluding carboxylic acids is 1. The van der Waals surface area contributed by atoms with Gasteiger partial charge in [-0.1, -0.05) is 6.07 Å². The Kier molecular flexibility index (Phi) is 4.26. The predicted molar refractivity (Wildman–Crippen MR) is 91.6 cm³/mol. The Morgan fingerprint density at radius 3 is 2.62 bits per heavy atom. The number of aromatic nitrogens is 2. The van der Waals surface area contributed by atoms with Crippen molar-refractivity contribution in [2.45, 2.75) is 6.92 Å². The molecule has 0 bridgehead atoms. The fourth-order valence-electron chi connectivity index (χ4n) is 2.17. The van der Waals surface area contributed by atoms with Crippen LogP contribution in [0.25, 0.3) is 5.82 Å². The lowest BCUT2D eigenvalue weighted by Crippen LogP contribution is -2.26. The molecule has 0 unspecified atom stereocenters. The molecule has 0 radical (unpaired) electrons. The van der Waals surface area contributed by atoms with E-state index in [0.717, 1.165) is 5.56 Å². The van der Waals surface area contributed by atoms with Gasteiger partial charge < -0.3 is 0 Å². The van der Waals surface area contributed by atoms with E-state index in [0.29, 0.717) is 16.5 Å². The second-order valence-electron chi connectivity index (χ2n) is 5.27. The molecule has 0 N–H and O–H groups in total. The summed E-state index contributed by atoms with van der Waals surface area (Å²) >= 11 is 1.25. The summed E-state index contributed by atoms with van der Waals surface area (Å²) in [7, 11) is 1.59. The number of pyridine rings is 1. The van der Waals surface area contributed by atoms with E-state index in [-0.39, 0.29) is 11.5 Å². The average Bonchev–Trinajstić information content (AvgIpc) is 3.06. The number of hydrogen-bond acceptors (Lipinski definition) is 4. The Morgan fingerprint density at radius 1 is 1.21 bits per heavy atom. The molecule has 2 aromatic heterocycles. The van der Waals surface area contributed by atoms with Gasteiger partial charge >= 0.3 is 0 Å². The Labute approximate surface area is 141 Å². The van der Waals surface area contributed by atoms with Crippen molar-refractivity contribution >= 4 is 22.4 Å². The summed E-state index contributed by atoms with van der Waals surface area (Å²) < 4.78 is 14.4. The molecule has 0 saturated carbocycles. The maximum absolute atomic E-state index is 13.0. The summed E-state index contributed by atoms with van der Waals surface area (Å²) in [6.45, 7) is 1.88. The molecule has 0 aliphatic heterocycles. The van der Waals surface area contributed by atoms with Crippen molar-refractivity contribution in [2.75, 3.05) is 11.9 Å². The third kappa shape index (κ3) is 3.11. The van der Waals surface area contributed by atoms with Crippen LogP contribution in [0.1, 0.15) is 15.9 Å². The van der Waals surface area contributed by atoms with Gasteiger partial charge in [0, 0.05) is 30.3 Å². The molecule has 1 aromatic carbocycles. The molecule has 2 heterocycles. The summed E-state index contributed by atoms with van der Waals surface area (Å²) in [4.78, 5) is 30.1. The summed E-state index contributed by atoms with van der Waals surface area (Å²) in [6, 6.07) is 8.53. The van der Waals surface area contributed by atoms with Crippen LogP contribution < -0.4 is 10.5 Å². The predicted octanol–water partition coefficient (Wildman–Crippen LogP) is 3.02. The van der Waals surface area contributed by atoms with Crippen LogP contribution in [0.2, 0.25) is 0 Å². The van der Waals surface area contributed by atoms with Crippen molar-refractivity contribution in [1.82, 2.24) is 9.55 Å². The van der Waals surface area contributed by atoms with Crippen LogP contribution in [0.4, 0.5) is 9.52 Å². The molecule has 7 heteroatoms. The molecule has 0 aliphatic carbocycles. The van der Waals surface area contributed by atoms with Gasteiger partial charge in [-0.2, -0.15) is 0 Å². The number of hydrogen-bond donors (Lipinski definition) is 0. The number of rotatable bonds is 3. The highest BCUT2D eigenvalue weighted by Crippen LogP contribution is 2.23. The van der Waals surface area contributed by atoms with Gasteiger partial charge in [-0.3, -0.25) is 19.1 Å². The summed E-state index contributed by atoms with van der Waals surface area (Å²) in [5.41, 5.74) is 1.10. The van der Waals surface area contributed by atoms with Crippen molar-refractivity contribution < 1.29 is 9.18 Å². The van der Waals surface area contributed by atoms with Crippen molar-refractivity contribution in [3.05, 3.63) is 75.3 Å². The van der Waals surface area contributed by atoms with Gasteiger partial charge in [0.25, 0.3) is 11.5 Å². The SMILES string of the molecule is Cc1ccc(=O)n(-c2csc(N(C)C(=O)c3ccc(F)cc3)n2)c1. The van der Waals surface area contributed by atoms with Gasteiger partial charge in [0.05, 0.1) is 0 Å². The van der Waals surface area contributed by atoms with E-state index in [2.05, 4.69) is 4.98 Å². The lowest BCUT2D eigenvalue weighted by Gasteiger charge is -2.13. The maximum Gasteiger partial charge on any atom is 0.259 e. The standard InChI is InChI=1S/C17H14FN3O2S/c1-11-3-8-15(22)21(9-11)14-10-24-17(19-14)20(2)16(23)12-4-6-13(18)7-5-12/h3-10H,1-2H3. The molecule has 24 heavy (non-hydrogen) atoms. The molecule has 5 nitrogen and oxygen atoms in total. The zero-order valence-electron chi connectivity index (χ0n) is 13.1. The first-order chi connectivity index (χ1) is 11.5. The largest absolute Gasteiger partial charge is 0.287 e. The van der Waals surface area contributed by atoms with Crippen molar-refractivity contribution in [3.63, 3.8) is 0 Å². The summed E-state index contributed by atoms with van der Waals surface area (Å²) in [5, 5.41) is 2.16. The number of amides is 1. The zero-order chi connectivity index (χ0) is 17.3. The lowest BCUT2D eigenvalue weighted by molar-refractivity contribution is 0.0993. The van der Waals surface area contributed by atoms with E-state index in [1.807, 2.05) is 6.92 Å². The highest BCUT2D eigenvalue weighted by Gasteiger charge is 2.17. The van der Waals surface area contributed by atoms with Crippen LogP contribution in [-0.2, 0) is 0 Å². The van der Waals surface area contributed by atoms with Crippen LogP contribution in [0, 0.1) is 12.7 Å². The van der Waals surface area contributed by atoms with Crippen molar-refractivity contribution in [3.8, 4) is 5.82 Å². The Morgan fingerprint density at radius 2 is 1.92 bits per heavy atom. The van der Waals surface area contributed by atoms with E-state index < -0.39 is 5.82 Å². The maximum atomic E-state index is 13.0. The van der Waals surface area contributed by atoms with Crippen LogP contribution in [-0.4, -0.2) is 22.5 Å². The third-order valence-electron chi connectivity index (χ3n) is 3.47. The number of thiazole rings is 1. The first-order valence-electron chi connectivity index (χ1n) is 7.14. The van der Waals surface area contributed by atoms with Gasteiger partial charge in [-0.05, 0) is 36.8 Å². The number of nitrogens with zero attached hydrogens (tertiary/aromatic N) is 3. The molecular weight excluding hydrogens is 329 g/mol. The van der Waals surface area contributed by atoms with Crippen LogP contribution >= 0.6 is 11.3 Å². The van der Waals surface area contributed by atoms with Gasteiger partial charge in [0.1, 0.15) is 5.82 Å². The molecule has 0 saturated heterocycles. The normalized spacial score (nSPS) is 10.6. The van der Waals surface area contributed by atoms with E-state index in [1.54, 1.807) is 24.7 Å². The number of aryl methyl sites for hydroxylation is 1. The first kappa shape index (κ1) is 16.1. The molecule has 0 atom stereocenters. The quantitative estimate of drug-likeness (QED) is 0.734. The zero-order valence-corrected chi connectivity index (χ0v) is 13.9. The van der Waals surface area contributed by atoms with Gasteiger partial charge in [0.15, 0.2) is 10.9 Å². The Hall–Kier alpha value is -2.80. The minimum Gasteiger partial charge on any atom is -0.287 e. The van der Waals surface area contributed by atoms with E-state index >= 15 is 0 Å². The molecular formula is C17H14FN3O2S. The van der Waals surface area contributed by atoms with Crippen LogP contribution in [0.15, 0.2) is 52.8 Å². The van der Waals surface area contributed by atoms with E-state index in [4.69, 9.17) is 0 Å². The molecule has 3 aromatic rings. The fourth-order valence-corrected chi connectivity index (χ4v) is 2.93. The van der Waals surface area contributed by atoms with Crippen LogP contribution in [0.5, 0.6) is 0 Å². The first-order valence-corrected chi connectivity index (χ1v) is 8.02. The Balaban J connectivity index is 1.89. The van der Waals surface area contributed by atoms with Crippen LogP contribution in [0.3, 0.4) is 0 Å². The summed E-state index contributed by atoms with van der Waals surface area (Å²) in [6.07, 6.45) is 1.70. The van der Waals surface area contributed by atoms with E-state index in [9.17, 15) is 14.0 Å². The monoisotopic (exact) mass is 343 g/mol. The second-order valence-corrected chi connectivity index (χ2v) is 6.11. The molecule has 122 valence electrons. The number of carbonyl (C=O) groups is 1.